The van der Waals surface area contributed by atoms with Crippen molar-refractivity contribution >= 4 is 31.9 Å². The molecule has 0 radical (unpaired) electrons. The number of primary sulfonamides is 1. The number of nitrogens with two attached hydrogens (primary N) is 1. The van der Waals surface area contributed by atoms with Gasteiger partial charge in [-0.1, -0.05) is 12.8 Å². The van der Waals surface area contributed by atoms with Crippen LogP contribution in [0.5, 0.6) is 0 Å². The van der Waals surface area contributed by atoms with Crippen LogP contribution in [0.4, 0.5) is 0 Å². The highest BCUT2D eigenvalue weighted by atomic mass is 79.9. The molecule has 1 saturated carbocycles. The molecule has 1 aliphatic carbocycles. The van der Waals surface area contributed by atoms with Crippen molar-refractivity contribution in [2.24, 2.45) is 5.14 Å². The van der Waals surface area contributed by atoms with Crippen molar-refractivity contribution in [1.82, 2.24) is 4.90 Å². The molecule has 1 amide bonds. The van der Waals surface area contributed by atoms with Crippen molar-refractivity contribution in [3.8, 4) is 0 Å². The van der Waals surface area contributed by atoms with Crippen LogP contribution in [0.25, 0.3) is 0 Å². The average Bonchev–Trinajstić information content (AvgIpc) is 2.94. The van der Waals surface area contributed by atoms with Gasteiger partial charge in [0.15, 0.2) is 10.4 Å². The number of hydrogen-bond donors (Lipinski definition) is 1. The molecule has 0 bridgehead atoms. The van der Waals surface area contributed by atoms with Crippen LogP contribution in [-0.2, 0) is 10.0 Å². The lowest BCUT2D eigenvalue weighted by Crippen LogP contribution is -2.34. The van der Waals surface area contributed by atoms with Gasteiger partial charge in [0.1, 0.15) is 4.90 Å². The van der Waals surface area contributed by atoms with E-state index in [2.05, 4.69) is 15.9 Å². The first-order chi connectivity index (χ1) is 8.80. The van der Waals surface area contributed by atoms with Crippen molar-refractivity contribution in [3.05, 3.63) is 16.5 Å². The van der Waals surface area contributed by atoms with Crippen LogP contribution in [0.2, 0.25) is 0 Å². The Morgan fingerprint density at radius 2 is 2.05 bits per heavy atom. The number of hydrogen-bond acceptors (Lipinski definition) is 4. The van der Waals surface area contributed by atoms with Crippen LogP contribution in [0.1, 0.15) is 36.2 Å². The van der Waals surface area contributed by atoms with Gasteiger partial charge < -0.3 is 9.32 Å². The maximum Gasteiger partial charge on any atom is 0.289 e. The van der Waals surface area contributed by atoms with E-state index in [9.17, 15) is 13.2 Å². The molecule has 2 N–H and O–H groups in total. The normalized spacial score (nSPS) is 16.8. The minimum atomic E-state index is -3.90. The molecule has 2 rings (SSSR count). The van der Waals surface area contributed by atoms with Crippen LogP contribution >= 0.6 is 15.9 Å². The van der Waals surface area contributed by atoms with Crippen molar-refractivity contribution in [1.29, 1.82) is 0 Å². The molecule has 0 atom stereocenters. The van der Waals surface area contributed by atoms with E-state index >= 15 is 0 Å². The maximum atomic E-state index is 12.2. The average molecular weight is 351 g/mol. The quantitative estimate of drug-likeness (QED) is 0.897. The molecule has 1 heterocycles. The number of halogens is 1. The first kappa shape index (κ1) is 14.5. The minimum absolute atomic E-state index is 0.0229. The zero-order chi connectivity index (χ0) is 14.2. The summed E-state index contributed by atoms with van der Waals surface area (Å²) in [6.07, 6.45) is 4.14. The van der Waals surface area contributed by atoms with Gasteiger partial charge in [-0.3, -0.25) is 4.79 Å². The van der Waals surface area contributed by atoms with Gasteiger partial charge in [-0.05, 0) is 28.8 Å². The summed E-state index contributed by atoms with van der Waals surface area (Å²) in [6, 6.07) is 1.35. The highest BCUT2D eigenvalue weighted by molar-refractivity contribution is 9.10. The molecular weight excluding hydrogens is 336 g/mol. The Bertz CT molecular complexity index is 590. The number of sulfonamides is 1. The van der Waals surface area contributed by atoms with E-state index in [0.29, 0.717) is 0 Å². The number of carbonyl (C=O) groups excluding carboxylic acids is 1. The molecule has 0 aromatic carbocycles. The topological polar surface area (TPSA) is 93.6 Å². The Morgan fingerprint density at radius 3 is 2.53 bits per heavy atom. The summed E-state index contributed by atoms with van der Waals surface area (Å²) in [6.45, 7) is 0. The van der Waals surface area contributed by atoms with Crippen molar-refractivity contribution in [3.63, 3.8) is 0 Å². The molecule has 1 fully saturated rings. The number of rotatable bonds is 3. The van der Waals surface area contributed by atoms with Crippen LogP contribution in [-0.4, -0.2) is 32.3 Å². The summed E-state index contributed by atoms with van der Waals surface area (Å²) in [5.74, 6) is -0.354. The molecular formula is C11H15BrN2O4S. The number of carbonyl (C=O) groups is 1. The summed E-state index contributed by atoms with van der Waals surface area (Å²) in [4.78, 5) is 13.6. The fourth-order valence-corrected chi connectivity index (χ4v) is 3.79. The third-order valence-corrected chi connectivity index (χ3v) is 5.13. The Labute approximate surface area is 120 Å². The fraction of sp³-hybridized carbons (Fsp3) is 0.545. The second-order valence-electron chi connectivity index (χ2n) is 4.65. The molecule has 0 saturated heterocycles. The van der Waals surface area contributed by atoms with Crippen molar-refractivity contribution in [2.45, 2.75) is 36.6 Å². The van der Waals surface area contributed by atoms with E-state index in [4.69, 9.17) is 9.56 Å². The van der Waals surface area contributed by atoms with Gasteiger partial charge >= 0.3 is 0 Å². The molecule has 0 aliphatic heterocycles. The number of furan rings is 1. The molecule has 0 unspecified atom stereocenters. The molecule has 19 heavy (non-hydrogen) atoms. The third kappa shape index (κ3) is 3.01. The highest BCUT2D eigenvalue weighted by Crippen LogP contribution is 2.28. The lowest BCUT2D eigenvalue weighted by molar-refractivity contribution is 0.0701. The standard InChI is InChI=1S/C11H15BrN2O4S/c1-14(7-4-2-3-5-7)11(15)8-6-9(10(12)18-8)19(13,16)17/h6-7H,2-5H2,1H3,(H2,13,16,17). The Kier molecular flexibility index (Phi) is 4.03. The van der Waals surface area contributed by atoms with Gasteiger partial charge in [0, 0.05) is 19.2 Å². The van der Waals surface area contributed by atoms with Gasteiger partial charge in [-0.2, -0.15) is 0 Å². The molecule has 0 spiro atoms. The smallest absolute Gasteiger partial charge is 0.289 e. The Balaban J connectivity index is 2.25. The molecule has 6 nitrogen and oxygen atoms in total. The predicted octanol–water partition coefficient (Wildman–Crippen LogP) is 1.70. The Morgan fingerprint density at radius 1 is 1.47 bits per heavy atom. The minimum Gasteiger partial charge on any atom is -0.443 e. The summed E-state index contributed by atoms with van der Waals surface area (Å²) < 4.78 is 27.7. The van der Waals surface area contributed by atoms with Crippen LogP contribution in [0.15, 0.2) is 20.0 Å². The zero-order valence-electron chi connectivity index (χ0n) is 10.4. The maximum absolute atomic E-state index is 12.2. The van der Waals surface area contributed by atoms with Gasteiger partial charge in [0.05, 0.1) is 0 Å². The molecule has 8 heteroatoms. The number of nitrogens with zero attached hydrogens (tertiary/aromatic N) is 1. The summed E-state index contributed by atoms with van der Waals surface area (Å²) in [5, 5.41) is 5.03. The van der Waals surface area contributed by atoms with Crippen LogP contribution in [0.3, 0.4) is 0 Å². The monoisotopic (exact) mass is 350 g/mol. The van der Waals surface area contributed by atoms with E-state index in [1.165, 1.54) is 0 Å². The zero-order valence-corrected chi connectivity index (χ0v) is 12.8. The lowest BCUT2D eigenvalue weighted by atomic mass is 10.2. The van der Waals surface area contributed by atoms with E-state index < -0.39 is 10.0 Å². The first-order valence-corrected chi connectivity index (χ1v) is 8.24. The van der Waals surface area contributed by atoms with E-state index in [0.717, 1.165) is 31.7 Å². The molecule has 106 valence electrons. The van der Waals surface area contributed by atoms with Crippen molar-refractivity contribution in [2.75, 3.05) is 7.05 Å². The van der Waals surface area contributed by atoms with Crippen molar-refractivity contribution < 1.29 is 17.6 Å². The second kappa shape index (κ2) is 5.26. The second-order valence-corrected chi connectivity index (χ2v) is 6.90. The third-order valence-electron chi connectivity index (χ3n) is 3.37. The molecule has 1 aromatic heterocycles. The van der Waals surface area contributed by atoms with Gasteiger partial charge in [0.25, 0.3) is 5.91 Å². The van der Waals surface area contributed by atoms with Gasteiger partial charge in [-0.25, -0.2) is 13.6 Å². The van der Waals surface area contributed by atoms with Gasteiger partial charge in [0.2, 0.25) is 10.0 Å². The highest BCUT2D eigenvalue weighted by Gasteiger charge is 2.28. The molecule has 1 aromatic rings. The summed E-state index contributed by atoms with van der Waals surface area (Å²) in [5.41, 5.74) is 0. The van der Waals surface area contributed by atoms with Crippen LogP contribution < -0.4 is 5.14 Å². The largest absolute Gasteiger partial charge is 0.443 e. The predicted molar refractivity (Wildman–Crippen MR) is 72.1 cm³/mol. The Hall–Kier alpha value is -0.860. The number of amides is 1. The van der Waals surface area contributed by atoms with Gasteiger partial charge in [-0.15, -0.1) is 0 Å². The van der Waals surface area contributed by atoms with E-state index in [1.54, 1.807) is 11.9 Å². The van der Waals surface area contributed by atoms with Crippen LogP contribution in [0, 0.1) is 0 Å². The summed E-state index contributed by atoms with van der Waals surface area (Å²) >= 11 is 2.96. The SMILES string of the molecule is CN(C(=O)c1cc(S(N)(=O)=O)c(Br)o1)C1CCCC1. The van der Waals surface area contributed by atoms with E-state index in [-0.39, 0.29) is 27.3 Å². The summed E-state index contributed by atoms with van der Waals surface area (Å²) in [7, 11) is -2.20. The fourth-order valence-electron chi connectivity index (χ4n) is 2.28. The molecule has 1 aliphatic rings. The van der Waals surface area contributed by atoms with E-state index in [1.807, 2.05) is 0 Å². The first-order valence-electron chi connectivity index (χ1n) is 5.90. The lowest BCUT2D eigenvalue weighted by Gasteiger charge is -2.22.